The minimum absolute atomic E-state index is 0.0356. The zero-order valence-electron chi connectivity index (χ0n) is 15.8. The topological polar surface area (TPSA) is 91.5 Å². The number of anilines is 1. The first-order chi connectivity index (χ1) is 14.1. The van der Waals surface area contributed by atoms with Crippen molar-refractivity contribution in [3.63, 3.8) is 0 Å². The number of hydrogen-bond acceptors (Lipinski definition) is 4. The molecule has 1 saturated heterocycles. The highest BCUT2D eigenvalue weighted by atomic mass is 16.5. The first-order valence-electron chi connectivity index (χ1n) is 9.52. The van der Waals surface area contributed by atoms with Gasteiger partial charge < -0.3 is 19.9 Å². The summed E-state index contributed by atoms with van der Waals surface area (Å²) in [5, 5.41) is 3.49. The van der Waals surface area contributed by atoms with Crippen LogP contribution in [0.2, 0.25) is 0 Å². The normalized spacial score (nSPS) is 14.4. The van der Waals surface area contributed by atoms with Gasteiger partial charge in [-0.15, -0.1) is 0 Å². The Morgan fingerprint density at radius 2 is 1.79 bits per heavy atom. The number of amides is 2. The van der Waals surface area contributed by atoms with Gasteiger partial charge in [0.1, 0.15) is 5.56 Å². The lowest BCUT2D eigenvalue weighted by atomic mass is 10.1. The Balaban J connectivity index is 1.48. The van der Waals surface area contributed by atoms with Gasteiger partial charge in [0, 0.05) is 36.5 Å². The fraction of sp³-hybridized carbons (Fsp3) is 0.227. The summed E-state index contributed by atoms with van der Waals surface area (Å²) in [4.78, 5) is 41.9. The molecule has 0 atom stereocenters. The molecule has 1 aliphatic rings. The van der Waals surface area contributed by atoms with Crippen LogP contribution in [0.15, 0.2) is 59.4 Å². The summed E-state index contributed by atoms with van der Waals surface area (Å²) in [6.07, 6.45) is 0.820. The lowest BCUT2D eigenvalue weighted by Gasteiger charge is -2.19. The highest BCUT2D eigenvalue weighted by Crippen LogP contribution is 2.15. The highest BCUT2D eigenvalue weighted by molar-refractivity contribution is 6.06. The standard InChI is InChI=1S/C22H21N3O4/c26-20(18-14-16-4-1-2-5-19(16)24-21(18)27)23-17-8-6-15(7-9-17)22(28)25-10-3-12-29-13-11-25/h1-2,4-9,14H,3,10-13H2,(H,23,26)(H,24,27). The molecule has 2 aromatic carbocycles. The number of carbonyl (C=O) groups excluding carboxylic acids is 2. The van der Waals surface area contributed by atoms with E-state index in [1.165, 1.54) is 0 Å². The summed E-state index contributed by atoms with van der Waals surface area (Å²) in [6, 6.07) is 15.5. The van der Waals surface area contributed by atoms with Crippen molar-refractivity contribution in [2.24, 2.45) is 0 Å². The number of para-hydroxylation sites is 1. The average molecular weight is 391 g/mol. The molecule has 4 rings (SSSR count). The second kappa shape index (κ2) is 8.28. The second-order valence-electron chi connectivity index (χ2n) is 6.89. The number of carbonyl (C=O) groups is 2. The molecule has 7 heteroatoms. The number of hydrogen-bond donors (Lipinski definition) is 2. The largest absolute Gasteiger partial charge is 0.380 e. The summed E-state index contributed by atoms with van der Waals surface area (Å²) < 4.78 is 5.38. The van der Waals surface area contributed by atoms with E-state index in [-0.39, 0.29) is 11.5 Å². The Kier molecular flexibility index (Phi) is 5.39. The van der Waals surface area contributed by atoms with E-state index in [9.17, 15) is 14.4 Å². The number of ether oxygens (including phenoxy) is 1. The Morgan fingerprint density at radius 1 is 1.00 bits per heavy atom. The summed E-state index contributed by atoms with van der Waals surface area (Å²) in [6.45, 7) is 2.45. The summed E-state index contributed by atoms with van der Waals surface area (Å²) >= 11 is 0. The number of benzene rings is 2. The van der Waals surface area contributed by atoms with Crippen LogP contribution in [0.3, 0.4) is 0 Å². The fourth-order valence-electron chi connectivity index (χ4n) is 3.34. The van der Waals surface area contributed by atoms with Gasteiger partial charge in [-0.05, 0) is 48.2 Å². The molecule has 1 aliphatic heterocycles. The van der Waals surface area contributed by atoms with Crippen molar-refractivity contribution < 1.29 is 14.3 Å². The van der Waals surface area contributed by atoms with Crippen LogP contribution in [0.4, 0.5) is 5.69 Å². The van der Waals surface area contributed by atoms with E-state index in [0.717, 1.165) is 11.8 Å². The maximum atomic E-state index is 12.6. The summed E-state index contributed by atoms with van der Waals surface area (Å²) in [5.41, 5.74) is 1.33. The molecule has 0 unspecified atom stereocenters. The molecule has 29 heavy (non-hydrogen) atoms. The van der Waals surface area contributed by atoms with Gasteiger partial charge in [-0.3, -0.25) is 14.4 Å². The molecular weight excluding hydrogens is 370 g/mol. The highest BCUT2D eigenvalue weighted by Gasteiger charge is 2.18. The molecule has 0 spiro atoms. The number of aromatic amines is 1. The summed E-state index contributed by atoms with van der Waals surface area (Å²) in [7, 11) is 0. The molecule has 0 saturated carbocycles. The quantitative estimate of drug-likeness (QED) is 0.718. The van der Waals surface area contributed by atoms with Gasteiger partial charge in [-0.2, -0.15) is 0 Å². The third-order valence-electron chi connectivity index (χ3n) is 4.90. The van der Waals surface area contributed by atoms with Crippen molar-refractivity contribution >= 4 is 28.4 Å². The van der Waals surface area contributed by atoms with Crippen molar-refractivity contribution in [3.05, 3.63) is 76.1 Å². The number of H-pyrrole nitrogens is 1. The Bertz CT molecular complexity index is 1100. The van der Waals surface area contributed by atoms with E-state index in [1.807, 2.05) is 18.2 Å². The maximum Gasteiger partial charge on any atom is 0.261 e. The monoisotopic (exact) mass is 391 g/mol. The molecule has 0 radical (unpaired) electrons. The van der Waals surface area contributed by atoms with E-state index >= 15 is 0 Å². The first kappa shape index (κ1) is 18.9. The number of pyridine rings is 1. The summed E-state index contributed by atoms with van der Waals surface area (Å²) in [5.74, 6) is -0.555. The van der Waals surface area contributed by atoms with Gasteiger partial charge in [-0.25, -0.2) is 0 Å². The number of nitrogens with one attached hydrogen (secondary N) is 2. The third kappa shape index (κ3) is 4.20. The van der Waals surface area contributed by atoms with Crippen LogP contribution in [-0.2, 0) is 4.74 Å². The smallest absolute Gasteiger partial charge is 0.261 e. The van der Waals surface area contributed by atoms with Gasteiger partial charge in [0.05, 0.1) is 6.61 Å². The molecule has 0 aliphatic carbocycles. The molecule has 0 bridgehead atoms. The number of nitrogens with zero attached hydrogens (tertiary/aromatic N) is 1. The SMILES string of the molecule is O=C(Nc1ccc(C(=O)N2CCCOCC2)cc1)c1cc2ccccc2[nH]c1=O. The zero-order valence-corrected chi connectivity index (χ0v) is 15.8. The van der Waals surface area contributed by atoms with Gasteiger partial charge in [-0.1, -0.05) is 18.2 Å². The first-order valence-corrected chi connectivity index (χ1v) is 9.52. The van der Waals surface area contributed by atoms with Crippen LogP contribution < -0.4 is 10.9 Å². The minimum Gasteiger partial charge on any atom is -0.380 e. The molecule has 1 aromatic heterocycles. The zero-order chi connectivity index (χ0) is 20.2. The van der Waals surface area contributed by atoms with Crippen LogP contribution >= 0.6 is 0 Å². The fourth-order valence-corrected chi connectivity index (χ4v) is 3.34. The van der Waals surface area contributed by atoms with E-state index in [4.69, 9.17) is 4.74 Å². The van der Waals surface area contributed by atoms with Crippen molar-refractivity contribution in [2.45, 2.75) is 6.42 Å². The number of aromatic nitrogens is 1. The number of rotatable bonds is 3. The second-order valence-corrected chi connectivity index (χ2v) is 6.89. The predicted octanol–water partition coefficient (Wildman–Crippen LogP) is 2.64. The Hall–Kier alpha value is -3.45. The van der Waals surface area contributed by atoms with Gasteiger partial charge >= 0.3 is 0 Å². The van der Waals surface area contributed by atoms with Crippen LogP contribution in [0.1, 0.15) is 27.1 Å². The van der Waals surface area contributed by atoms with Crippen LogP contribution in [0.5, 0.6) is 0 Å². The average Bonchev–Trinajstić information content (AvgIpc) is 3.03. The lowest BCUT2D eigenvalue weighted by molar-refractivity contribution is 0.0741. The van der Waals surface area contributed by atoms with Crippen LogP contribution in [0.25, 0.3) is 10.9 Å². The molecule has 2 N–H and O–H groups in total. The predicted molar refractivity (Wildman–Crippen MR) is 110 cm³/mol. The molecule has 148 valence electrons. The molecule has 3 aromatic rings. The van der Waals surface area contributed by atoms with Gasteiger partial charge in [0.2, 0.25) is 0 Å². The van der Waals surface area contributed by atoms with Crippen molar-refractivity contribution in [1.29, 1.82) is 0 Å². The third-order valence-corrected chi connectivity index (χ3v) is 4.90. The van der Waals surface area contributed by atoms with Gasteiger partial charge in [0.25, 0.3) is 17.4 Å². The van der Waals surface area contributed by atoms with E-state index < -0.39 is 11.5 Å². The lowest BCUT2D eigenvalue weighted by Crippen LogP contribution is -2.33. The number of fused-ring (bicyclic) bond motifs is 1. The van der Waals surface area contributed by atoms with Gasteiger partial charge in [0.15, 0.2) is 0 Å². The molecule has 1 fully saturated rings. The van der Waals surface area contributed by atoms with Crippen LogP contribution in [0, 0.1) is 0 Å². The van der Waals surface area contributed by atoms with E-state index in [1.54, 1.807) is 41.3 Å². The Labute approximate surface area is 167 Å². The minimum atomic E-state index is -0.499. The molecular formula is C22H21N3O4. The van der Waals surface area contributed by atoms with Crippen LogP contribution in [-0.4, -0.2) is 48.0 Å². The van der Waals surface area contributed by atoms with E-state index in [0.29, 0.717) is 43.1 Å². The molecule has 2 amide bonds. The Morgan fingerprint density at radius 3 is 2.62 bits per heavy atom. The van der Waals surface area contributed by atoms with Crippen molar-refractivity contribution in [1.82, 2.24) is 9.88 Å². The maximum absolute atomic E-state index is 12.6. The van der Waals surface area contributed by atoms with Crippen molar-refractivity contribution in [2.75, 3.05) is 31.6 Å². The molecule has 7 nitrogen and oxygen atoms in total. The molecule has 2 heterocycles. The van der Waals surface area contributed by atoms with E-state index in [2.05, 4.69) is 10.3 Å². The van der Waals surface area contributed by atoms with Crippen molar-refractivity contribution in [3.8, 4) is 0 Å².